The Hall–Kier alpha value is -1.36. The highest BCUT2D eigenvalue weighted by Gasteiger charge is 2.10. The normalized spacial score (nSPS) is 12.8. The summed E-state index contributed by atoms with van der Waals surface area (Å²) in [7, 11) is 4.02. The van der Waals surface area contributed by atoms with Crippen LogP contribution in [0.25, 0.3) is 0 Å². The summed E-state index contributed by atoms with van der Waals surface area (Å²) in [5, 5.41) is 10.8. The molecule has 1 aromatic carbocycles. The lowest BCUT2D eigenvalue weighted by molar-refractivity contribution is 0.147. The molecule has 0 radical (unpaired) electrons. The molecule has 20 heavy (non-hydrogen) atoms. The lowest BCUT2D eigenvalue weighted by atomic mass is 10.1. The molecule has 0 amide bonds. The van der Waals surface area contributed by atoms with Gasteiger partial charge in [0.15, 0.2) is 0 Å². The van der Waals surface area contributed by atoms with Gasteiger partial charge in [-0.05, 0) is 31.2 Å². The summed E-state index contributed by atoms with van der Waals surface area (Å²) in [6.45, 7) is 1.58. The number of rotatable bonds is 6. The number of aromatic nitrogens is 2. The van der Waals surface area contributed by atoms with E-state index in [2.05, 4.69) is 9.88 Å². The highest BCUT2D eigenvalue weighted by atomic mass is 35.5. The van der Waals surface area contributed by atoms with Gasteiger partial charge >= 0.3 is 0 Å². The van der Waals surface area contributed by atoms with E-state index in [0.717, 1.165) is 24.5 Å². The van der Waals surface area contributed by atoms with Crippen LogP contribution in [-0.4, -0.2) is 33.1 Å². The lowest BCUT2D eigenvalue weighted by Crippen LogP contribution is -2.22. The van der Waals surface area contributed by atoms with E-state index < -0.39 is 6.10 Å². The fourth-order valence-electron chi connectivity index (χ4n) is 2.06. The zero-order chi connectivity index (χ0) is 14.5. The van der Waals surface area contributed by atoms with Gasteiger partial charge in [0, 0.05) is 31.0 Å². The van der Waals surface area contributed by atoms with Crippen LogP contribution >= 0.6 is 11.6 Å². The van der Waals surface area contributed by atoms with Crippen LogP contribution in [0, 0.1) is 0 Å². The van der Waals surface area contributed by atoms with Crippen LogP contribution in [0.15, 0.2) is 36.7 Å². The summed E-state index contributed by atoms with van der Waals surface area (Å²) in [5.41, 5.74) is 0.903. The molecule has 2 aromatic rings. The fraction of sp³-hybridized carbons (Fsp3) is 0.400. The summed E-state index contributed by atoms with van der Waals surface area (Å²) in [4.78, 5) is 6.45. The standard InChI is InChI=1S/C15H20ClN3O/c1-18(11-15-17-8-10-19(15)2)9-7-14(20)12-3-5-13(16)6-4-12/h3-6,8,10,14,20H,7,9,11H2,1-2H3. The van der Waals surface area contributed by atoms with Crippen molar-refractivity contribution < 1.29 is 5.11 Å². The van der Waals surface area contributed by atoms with Crippen molar-refractivity contribution in [2.75, 3.05) is 13.6 Å². The number of aliphatic hydroxyl groups excluding tert-OH is 1. The van der Waals surface area contributed by atoms with Crippen molar-refractivity contribution in [2.45, 2.75) is 19.1 Å². The molecule has 0 fully saturated rings. The number of imidazole rings is 1. The minimum Gasteiger partial charge on any atom is -0.388 e. The fourth-order valence-corrected chi connectivity index (χ4v) is 2.19. The van der Waals surface area contributed by atoms with Gasteiger partial charge in [-0.2, -0.15) is 0 Å². The minimum absolute atomic E-state index is 0.462. The molecule has 5 heteroatoms. The molecular formula is C15H20ClN3O. The van der Waals surface area contributed by atoms with Crippen LogP contribution in [0.2, 0.25) is 5.02 Å². The van der Waals surface area contributed by atoms with Crippen molar-refractivity contribution in [1.29, 1.82) is 0 Å². The Morgan fingerprint density at radius 2 is 2.05 bits per heavy atom. The molecule has 0 spiro atoms. The van der Waals surface area contributed by atoms with Gasteiger partial charge in [0.05, 0.1) is 12.6 Å². The lowest BCUT2D eigenvalue weighted by Gasteiger charge is -2.18. The molecule has 0 aliphatic rings. The Bertz CT molecular complexity index is 538. The first kappa shape index (κ1) is 15.0. The van der Waals surface area contributed by atoms with E-state index in [4.69, 9.17) is 11.6 Å². The summed E-state index contributed by atoms with van der Waals surface area (Å²) in [5.74, 6) is 1.02. The van der Waals surface area contributed by atoms with E-state index in [0.29, 0.717) is 11.4 Å². The molecule has 0 aliphatic heterocycles. The second kappa shape index (κ2) is 6.88. The van der Waals surface area contributed by atoms with E-state index >= 15 is 0 Å². The molecule has 0 bridgehead atoms. The maximum Gasteiger partial charge on any atom is 0.122 e. The highest BCUT2D eigenvalue weighted by Crippen LogP contribution is 2.19. The van der Waals surface area contributed by atoms with Gasteiger partial charge in [-0.15, -0.1) is 0 Å². The summed E-state index contributed by atoms with van der Waals surface area (Å²) in [6.07, 6.45) is 3.95. The van der Waals surface area contributed by atoms with E-state index in [1.165, 1.54) is 0 Å². The molecule has 4 nitrogen and oxygen atoms in total. The number of nitrogens with zero attached hydrogens (tertiary/aromatic N) is 3. The molecular weight excluding hydrogens is 274 g/mol. The van der Waals surface area contributed by atoms with Crippen LogP contribution in [0.1, 0.15) is 23.9 Å². The third kappa shape index (κ3) is 4.07. The van der Waals surface area contributed by atoms with Gasteiger partial charge in [0.2, 0.25) is 0 Å². The number of hydrogen-bond acceptors (Lipinski definition) is 3. The maximum atomic E-state index is 10.2. The van der Waals surface area contributed by atoms with E-state index in [-0.39, 0.29) is 0 Å². The summed E-state index contributed by atoms with van der Waals surface area (Å²) >= 11 is 5.84. The van der Waals surface area contributed by atoms with Crippen LogP contribution in [0.3, 0.4) is 0 Å². The number of hydrogen-bond donors (Lipinski definition) is 1. The molecule has 0 saturated heterocycles. The second-order valence-corrected chi connectivity index (χ2v) is 5.48. The van der Waals surface area contributed by atoms with Crippen molar-refractivity contribution in [3.05, 3.63) is 53.1 Å². The topological polar surface area (TPSA) is 41.3 Å². The van der Waals surface area contributed by atoms with Crippen molar-refractivity contribution >= 4 is 11.6 Å². The van der Waals surface area contributed by atoms with Crippen LogP contribution in [-0.2, 0) is 13.6 Å². The molecule has 0 aliphatic carbocycles. The van der Waals surface area contributed by atoms with Crippen molar-refractivity contribution in [2.24, 2.45) is 7.05 Å². The van der Waals surface area contributed by atoms with Crippen LogP contribution in [0.5, 0.6) is 0 Å². The predicted octanol–water partition coefficient (Wildman–Crippen LogP) is 2.63. The maximum absolute atomic E-state index is 10.2. The molecule has 1 heterocycles. The quantitative estimate of drug-likeness (QED) is 0.890. The molecule has 1 aromatic heterocycles. The van der Waals surface area contributed by atoms with E-state index in [1.54, 1.807) is 18.3 Å². The van der Waals surface area contributed by atoms with E-state index in [1.807, 2.05) is 37.0 Å². The Labute approximate surface area is 124 Å². The first-order chi connectivity index (χ1) is 9.56. The second-order valence-electron chi connectivity index (χ2n) is 5.05. The van der Waals surface area contributed by atoms with Gasteiger partial charge in [-0.1, -0.05) is 23.7 Å². The molecule has 108 valence electrons. The molecule has 1 atom stereocenters. The highest BCUT2D eigenvalue weighted by molar-refractivity contribution is 6.30. The van der Waals surface area contributed by atoms with Crippen LogP contribution < -0.4 is 0 Å². The van der Waals surface area contributed by atoms with Crippen molar-refractivity contribution in [1.82, 2.24) is 14.5 Å². The summed E-state index contributed by atoms with van der Waals surface area (Å²) < 4.78 is 2.01. The van der Waals surface area contributed by atoms with Gasteiger partial charge in [0.25, 0.3) is 0 Å². The molecule has 1 N–H and O–H groups in total. The van der Waals surface area contributed by atoms with Crippen molar-refractivity contribution in [3.63, 3.8) is 0 Å². The number of benzene rings is 1. The third-order valence-electron chi connectivity index (χ3n) is 3.37. The molecule has 0 saturated carbocycles. The SMILES string of the molecule is CN(CCC(O)c1ccc(Cl)cc1)Cc1nccn1C. The van der Waals surface area contributed by atoms with Crippen molar-refractivity contribution in [3.8, 4) is 0 Å². The predicted molar refractivity (Wildman–Crippen MR) is 80.6 cm³/mol. The van der Waals surface area contributed by atoms with Crippen LogP contribution in [0.4, 0.5) is 0 Å². The number of aryl methyl sites for hydroxylation is 1. The smallest absolute Gasteiger partial charge is 0.122 e. The Kier molecular flexibility index (Phi) is 5.17. The van der Waals surface area contributed by atoms with Gasteiger partial charge in [-0.3, -0.25) is 4.90 Å². The monoisotopic (exact) mass is 293 g/mol. The zero-order valence-electron chi connectivity index (χ0n) is 11.8. The van der Waals surface area contributed by atoms with Gasteiger partial charge < -0.3 is 9.67 Å². The minimum atomic E-state index is -0.462. The largest absolute Gasteiger partial charge is 0.388 e. The summed E-state index contributed by atoms with van der Waals surface area (Å²) in [6, 6.07) is 7.34. The first-order valence-corrected chi connectivity index (χ1v) is 7.02. The number of halogens is 1. The van der Waals surface area contributed by atoms with Gasteiger partial charge in [0.1, 0.15) is 5.82 Å². The molecule has 1 unspecified atom stereocenters. The van der Waals surface area contributed by atoms with E-state index in [9.17, 15) is 5.11 Å². The Morgan fingerprint density at radius 3 is 2.65 bits per heavy atom. The number of aliphatic hydroxyl groups is 1. The zero-order valence-corrected chi connectivity index (χ0v) is 12.6. The Balaban J connectivity index is 1.82. The third-order valence-corrected chi connectivity index (χ3v) is 3.62. The first-order valence-electron chi connectivity index (χ1n) is 6.64. The Morgan fingerprint density at radius 1 is 1.35 bits per heavy atom. The average Bonchev–Trinajstić information content (AvgIpc) is 2.82. The average molecular weight is 294 g/mol. The van der Waals surface area contributed by atoms with Gasteiger partial charge in [-0.25, -0.2) is 4.98 Å². The molecule has 2 rings (SSSR count).